The maximum atomic E-state index is 12.6. The summed E-state index contributed by atoms with van der Waals surface area (Å²) in [6, 6.07) is 0.793. The van der Waals surface area contributed by atoms with Crippen LogP contribution in [0.25, 0.3) is 0 Å². The number of aryl methyl sites for hydroxylation is 2. The quantitative estimate of drug-likeness (QED) is 0.233. The fourth-order valence-electron chi connectivity index (χ4n) is 2.55. The Bertz CT molecular complexity index is 872. The minimum atomic E-state index is -4.50. The Hall–Kier alpha value is -1.76. The molecule has 0 aliphatic carbocycles. The molecule has 0 spiro atoms. The van der Waals surface area contributed by atoms with E-state index < -0.39 is 11.7 Å². The predicted molar refractivity (Wildman–Crippen MR) is 121 cm³/mol. The number of halogens is 5. The van der Waals surface area contributed by atoms with Crippen LogP contribution in [0.1, 0.15) is 29.4 Å². The Kier molecular flexibility index (Phi) is 10.1. The Labute approximate surface area is 195 Å². The van der Waals surface area contributed by atoms with Gasteiger partial charge in [-0.2, -0.15) is 18.3 Å². The van der Waals surface area contributed by atoms with Gasteiger partial charge in [0.1, 0.15) is 11.6 Å². The molecular weight excluding hydrogens is 536 g/mol. The van der Waals surface area contributed by atoms with E-state index in [1.807, 2.05) is 32.5 Å². The van der Waals surface area contributed by atoms with Gasteiger partial charge in [0.05, 0.1) is 24.3 Å². The van der Waals surface area contributed by atoms with Crippen LogP contribution in [0, 0.1) is 13.8 Å². The zero-order valence-electron chi connectivity index (χ0n) is 17.1. The molecule has 2 aromatic rings. The van der Waals surface area contributed by atoms with Crippen LogP contribution in [0.4, 0.5) is 13.2 Å². The zero-order chi connectivity index (χ0) is 21.6. The lowest BCUT2D eigenvalue weighted by atomic mass is 10.2. The average Bonchev–Trinajstić information content (AvgIpc) is 2.88. The normalized spacial score (nSPS) is 11.8. The first kappa shape index (κ1) is 26.3. The highest BCUT2D eigenvalue weighted by atomic mass is 127. The molecule has 2 aromatic heterocycles. The van der Waals surface area contributed by atoms with Crippen molar-refractivity contribution in [3.8, 4) is 5.88 Å². The smallest absolute Gasteiger partial charge is 0.417 e. The fraction of sp³-hybridized carbons (Fsp3) is 0.500. The highest BCUT2D eigenvalue weighted by Crippen LogP contribution is 2.32. The van der Waals surface area contributed by atoms with E-state index in [1.165, 1.54) is 0 Å². The molecule has 2 heterocycles. The maximum Gasteiger partial charge on any atom is 0.417 e. The van der Waals surface area contributed by atoms with Crippen molar-refractivity contribution in [1.82, 2.24) is 25.4 Å². The van der Waals surface area contributed by atoms with Crippen molar-refractivity contribution < 1.29 is 17.9 Å². The number of hydrogen-bond acceptors (Lipinski definition) is 4. The van der Waals surface area contributed by atoms with Gasteiger partial charge >= 0.3 is 6.18 Å². The number of hydrogen-bond donors (Lipinski definition) is 2. The molecule has 2 N–H and O–H groups in total. The third-order valence-corrected chi connectivity index (χ3v) is 4.44. The number of aromatic nitrogens is 3. The molecule has 30 heavy (non-hydrogen) atoms. The van der Waals surface area contributed by atoms with E-state index in [0.717, 1.165) is 23.0 Å². The lowest BCUT2D eigenvalue weighted by Crippen LogP contribution is -2.39. The van der Waals surface area contributed by atoms with Gasteiger partial charge in [-0.05, 0) is 26.8 Å². The van der Waals surface area contributed by atoms with Crippen LogP contribution in [0.5, 0.6) is 5.88 Å². The van der Waals surface area contributed by atoms with Crippen molar-refractivity contribution in [2.75, 3.05) is 19.7 Å². The van der Waals surface area contributed by atoms with Crippen molar-refractivity contribution in [2.45, 2.75) is 33.5 Å². The van der Waals surface area contributed by atoms with Crippen LogP contribution in [0.15, 0.2) is 17.3 Å². The third-order valence-electron chi connectivity index (χ3n) is 4.17. The molecular formula is C18H25ClF3IN6O. The van der Waals surface area contributed by atoms with E-state index in [0.29, 0.717) is 31.8 Å². The van der Waals surface area contributed by atoms with Crippen molar-refractivity contribution in [3.05, 3.63) is 39.8 Å². The third kappa shape index (κ3) is 7.18. The first-order valence-electron chi connectivity index (χ1n) is 9.00. The number of nitrogens with one attached hydrogen (secondary N) is 2. The van der Waals surface area contributed by atoms with Gasteiger partial charge in [-0.25, -0.2) is 9.98 Å². The summed E-state index contributed by atoms with van der Waals surface area (Å²) < 4.78 is 45.1. The van der Waals surface area contributed by atoms with Crippen molar-refractivity contribution in [3.63, 3.8) is 0 Å². The van der Waals surface area contributed by atoms with Gasteiger partial charge in [0, 0.05) is 31.0 Å². The number of ether oxygens (including phenoxy) is 1. The number of nitrogens with zero attached hydrogens (tertiary/aromatic N) is 4. The standard InChI is InChI=1S/C18H24ClF3N6O.HI/c1-5-23-17(26-10-14-11(2)27-28(4)12(14)3)24-6-7-29-16-15(19)8-13(9-25-16)18(20,21)22;/h8-9H,5-7,10H2,1-4H3,(H2,23,24,26);1H. The van der Waals surface area contributed by atoms with Gasteiger partial charge in [-0.1, -0.05) is 11.6 Å². The Morgan fingerprint density at radius 3 is 2.53 bits per heavy atom. The number of rotatable bonds is 7. The minimum absolute atomic E-state index is 0. The molecule has 0 aliphatic rings. The van der Waals surface area contributed by atoms with Gasteiger partial charge < -0.3 is 15.4 Å². The molecule has 0 saturated carbocycles. The maximum absolute atomic E-state index is 12.6. The van der Waals surface area contributed by atoms with E-state index >= 15 is 0 Å². The lowest BCUT2D eigenvalue weighted by Gasteiger charge is -2.13. The van der Waals surface area contributed by atoms with E-state index in [-0.39, 0.29) is 41.5 Å². The van der Waals surface area contributed by atoms with Gasteiger partial charge in [0.2, 0.25) is 5.88 Å². The molecule has 12 heteroatoms. The number of guanidine groups is 1. The molecule has 0 aromatic carbocycles. The minimum Gasteiger partial charge on any atom is -0.475 e. The first-order chi connectivity index (χ1) is 13.6. The molecule has 7 nitrogen and oxygen atoms in total. The van der Waals surface area contributed by atoms with Gasteiger partial charge in [-0.15, -0.1) is 24.0 Å². The summed E-state index contributed by atoms with van der Waals surface area (Å²) in [5.41, 5.74) is 2.11. The molecule has 0 amide bonds. The second-order valence-corrected chi connectivity index (χ2v) is 6.66. The number of pyridine rings is 1. The second kappa shape index (κ2) is 11.6. The second-order valence-electron chi connectivity index (χ2n) is 6.25. The first-order valence-corrected chi connectivity index (χ1v) is 9.38. The molecule has 168 valence electrons. The summed E-state index contributed by atoms with van der Waals surface area (Å²) in [5, 5.41) is 10.4. The highest BCUT2D eigenvalue weighted by Gasteiger charge is 2.31. The van der Waals surface area contributed by atoms with Crippen LogP contribution in [0.2, 0.25) is 5.02 Å². The summed E-state index contributed by atoms with van der Waals surface area (Å²) in [7, 11) is 1.89. The number of aliphatic imine (C=N–C) groups is 1. The molecule has 2 rings (SSSR count). The lowest BCUT2D eigenvalue weighted by molar-refractivity contribution is -0.137. The van der Waals surface area contributed by atoms with E-state index in [4.69, 9.17) is 16.3 Å². The van der Waals surface area contributed by atoms with E-state index in [9.17, 15) is 13.2 Å². The fourth-order valence-corrected chi connectivity index (χ4v) is 2.77. The largest absolute Gasteiger partial charge is 0.475 e. The SMILES string of the molecule is CCNC(=NCc1c(C)nn(C)c1C)NCCOc1ncc(C(F)(F)F)cc1Cl.I. The summed E-state index contributed by atoms with van der Waals surface area (Å²) in [6.45, 7) is 7.51. The Balaban J connectivity index is 0.00000450. The summed E-state index contributed by atoms with van der Waals surface area (Å²) in [5.74, 6) is 0.537. The Morgan fingerprint density at radius 1 is 1.30 bits per heavy atom. The van der Waals surface area contributed by atoms with Gasteiger partial charge in [0.25, 0.3) is 0 Å². The monoisotopic (exact) mass is 560 g/mol. The molecule has 0 radical (unpaired) electrons. The van der Waals surface area contributed by atoms with Crippen LogP contribution in [-0.4, -0.2) is 40.4 Å². The van der Waals surface area contributed by atoms with Crippen LogP contribution in [-0.2, 0) is 19.8 Å². The van der Waals surface area contributed by atoms with E-state index in [1.54, 1.807) is 0 Å². The van der Waals surface area contributed by atoms with Crippen LogP contribution in [0.3, 0.4) is 0 Å². The predicted octanol–water partition coefficient (Wildman–Crippen LogP) is 3.86. The van der Waals surface area contributed by atoms with Crippen molar-refractivity contribution in [1.29, 1.82) is 0 Å². The molecule has 0 fully saturated rings. The summed E-state index contributed by atoms with van der Waals surface area (Å²) in [6.07, 6.45) is -3.81. The average molecular weight is 561 g/mol. The molecule has 0 bridgehead atoms. The van der Waals surface area contributed by atoms with Crippen molar-refractivity contribution >= 4 is 41.5 Å². The highest BCUT2D eigenvalue weighted by molar-refractivity contribution is 14.0. The molecule has 0 unspecified atom stereocenters. The van der Waals surface area contributed by atoms with Gasteiger partial charge in [-0.3, -0.25) is 4.68 Å². The van der Waals surface area contributed by atoms with Gasteiger partial charge in [0.15, 0.2) is 5.96 Å². The molecule has 0 aliphatic heterocycles. The number of alkyl halides is 3. The summed E-state index contributed by atoms with van der Waals surface area (Å²) >= 11 is 5.82. The summed E-state index contributed by atoms with van der Waals surface area (Å²) in [4.78, 5) is 8.18. The van der Waals surface area contributed by atoms with Crippen LogP contribution < -0.4 is 15.4 Å². The van der Waals surface area contributed by atoms with Crippen molar-refractivity contribution in [2.24, 2.45) is 12.0 Å². The topological polar surface area (TPSA) is 76.4 Å². The molecule has 0 atom stereocenters. The zero-order valence-corrected chi connectivity index (χ0v) is 20.2. The Morgan fingerprint density at radius 2 is 2.00 bits per heavy atom. The van der Waals surface area contributed by atoms with Crippen LogP contribution >= 0.6 is 35.6 Å². The molecule has 0 saturated heterocycles. The van der Waals surface area contributed by atoms with E-state index in [2.05, 4.69) is 25.7 Å².